The van der Waals surface area contributed by atoms with Gasteiger partial charge in [0.1, 0.15) is 0 Å². The summed E-state index contributed by atoms with van der Waals surface area (Å²) in [7, 11) is 0. The monoisotopic (exact) mass is 321 g/mol. The Balaban J connectivity index is 1.79. The third-order valence-electron chi connectivity index (χ3n) is 3.57. The highest BCUT2D eigenvalue weighted by Gasteiger charge is 2.19. The molecule has 1 N–H and O–H groups in total. The second kappa shape index (κ2) is 5.43. The van der Waals surface area contributed by atoms with Gasteiger partial charge in [-0.3, -0.25) is 0 Å². The van der Waals surface area contributed by atoms with E-state index in [-0.39, 0.29) is 0 Å². The highest BCUT2D eigenvalue weighted by Crippen LogP contribution is 2.23. The summed E-state index contributed by atoms with van der Waals surface area (Å²) >= 11 is 3.42. The van der Waals surface area contributed by atoms with Gasteiger partial charge in [0.2, 0.25) is 0 Å². The molecule has 1 aliphatic rings. The maximum absolute atomic E-state index is 10.3. The zero-order valence-electron chi connectivity index (χ0n) is 10.6. The van der Waals surface area contributed by atoms with Crippen LogP contribution >= 0.6 is 15.9 Å². The zero-order chi connectivity index (χ0) is 13.2. The Morgan fingerprint density at radius 2 is 2.16 bits per heavy atom. The van der Waals surface area contributed by atoms with Gasteiger partial charge in [-0.05, 0) is 43.4 Å². The van der Waals surface area contributed by atoms with E-state index in [1.807, 2.05) is 28.9 Å². The van der Waals surface area contributed by atoms with E-state index in [4.69, 9.17) is 0 Å². The first-order valence-electron chi connectivity index (χ1n) is 6.59. The van der Waals surface area contributed by atoms with E-state index in [0.717, 1.165) is 28.6 Å². The lowest BCUT2D eigenvalue weighted by molar-refractivity contribution is 0.149. The molecular weight excluding hydrogens is 306 g/mol. The summed E-state index contributed by atoms with van der Waals surface area (Å²) in [5, 5.41) is 18.7. The Morgan fingerprint density at radius 3 is 3.00 bits per heavy atom. The number of aryl methyl sites for hydroxylation is 1. The summed E-state index contributed by atoms with van der Waals surface area (Å²) in [5.41, 5.74) is 3.20. The molecule has 2 aromatic rings. The standard InChI is InChI=1S/C14H16BrN3O/c15-11-5-3-4-10(8-11)14(19)9-18-13-7-2-1-6-12(13)16-17-18/h3-5,8,14,19H,1-2,6-7,9H2/t14-/m0/s1. The normalized spacial score (nSPS) is 16.1. The van der Waals surface area contributed by atoms with Crippen LogP contribution in [0.2, 0.25) is 0 Å². The van der Waals surface area contributed by atoms with Crippen LogP contribution in [-0.4, -0.2) is 20.1 Å². The molecule has 0 saturated carbocycles. The predicted octanol–water partition coefficient (Wildman–Crippen LogP) is 2.65. The third kappa shape index (κ3) is 2.72. The predicted molar refractivity (Wildman–Crippen MR) is 75.8 cm³/mol. The molecule has 0 unspecified atom stereocenters. The zero-order valence-corrected chi connectivity index (χ0v) is 12.2. The quantitative estimate of drug-likeness (QED) is 0.945. The van der Waals surface area contributed by atoms with Crippen molar-refractivity contribution < 1.29 is 5.11 Å². The van der Waals surface area contributed by atoms with Gasteiger partial charge in [-0.25, -0.2) is 4.68 Å². The SMILES string of the molecule is O[C@@H](Cn1nnc2c1CCCC2)c1cccc(Br)c1. The van der Waals surface area contributed by atoms with Crippen molar-refractivity contribution in [3.8, 4) is 0 Å². The van der Waals surface area contributed by atoms with Crippen molar-refractivity contribution >= 4 is 15.9 Å². The lowest BCUT2D eigenvalue weighted by atomic mass is 10.0. The van der Waals surface area contributed by atoms with Gasteiger partial charge in [0.25, 0.3) is 0 Å². The fraction of sp³-hybridized carbons (Fsp3) is 0.429. The minimum Gasteiger partial charge on any atom is -0.386 e. The van der Waals surface area contributed by atoms with E-state index in [0.29, 0.717) is 6.54 Å². The van der Waals surface area contributed by atoms with Gasteiger partial charge < -0.3 is 5.11 Å². The molecule has 1 atom stereocenters. The minimum atomic E-state index is -0.551. The Hall–Kier alpha value is -1.20. The fourth-order valence-electron chi connectivity index (χ4n) is 2.55. The van der Waals surface area contributed by atoms with E-state index in [1.165, 1.54) is 18.5 Å². The smallest absolute Gasteiger partial charge is 0.0987 e. The molecule has 1 heterocycles. The molecule has 1 aromatic carbocycles. The number of aromatic nitrogens is 3. The topological polar surface area (TPSA) is 50.9 Å². The fourth-order valence-corrected chi connectivity index (χ4v) is 2.97. The van der Waals surface area contributed by atoms with Crippen LogP contribution in [-0.2, 0) is 19.4 Å². The molecule has 0 saturated heterocycles. The average molecular weight is 322 g/mol. The minimum absolute atomic E-state index is 0.471. The van der Waals surface area contributed by atoms with E-state index >= 15 is 0 Å². The van der Waals surface area contributed by atoms with Crippen molar-refractivity contribution in [1.82, 2.24) is 15.0 Å². The second-order valence-electron chi connectivity index (χ2n) is 4.94. The number of nitrogens with zero attached hydrogens (tertiary/aromatic N) is 3. The maximum atomic E-state index is 10.3. The average Bonchev–Trinajstić information content (AvgIpc) is 2.82. The van der Waals surface area contributed by atoms with Gasteiger partial charge in [0, 0.05) is 4.47 Å². The van der Waals surface area contributed by atoms with Crippen LogP contribution in [0.3, 0.4) is 0 Å². The van der Waals surface area contributed by atoms with E-state index < -0.39 is 6.10 Å². The molecule has 0 radical (unpaired) electrons. The summed E-state index contributed by atoms with van der Waals surface area (Å²) < 4.78 is 2.84. The van der Waals surface area contributed by atoms with Crippen LogP contribution in [0.1, 0.15) is 35.9 Å². The van der Waals surface area contributed by atoms with Gasteiger partial charge in [-0.2, -0.15) is 0 Å². The van der Waals surface area contributed by atoms with Crippen LogP contribution < -0.4 is 0 Å². The summed E-state index contributed by atoms with van der Waals surface area (Å²) in [6, 6.07) is 7.75. The number of aliphatic hydroxyl groups is 1. The first-order chi connectivity index (χ1) is 9.24. The van der Waals surface area contributed by atoms with Crippen molar-refractivity contribution in [3.63, 3.8) is 0 Å². The van der Waals surface area contributed by atoms with Gasteiger partial charge in [-0.15, -0.1) is 5.10 Å². The number of fused-ring (bicyclic) bond motifs is 1. The number of benzene rings is 1. The highest BCUT2D eigenvalue weighted by atomic mass is 79.9. The number of hydrogen-bond donors (Lipinski definition) is 1. The lowest BCUT2D eigenvalue weighted by Gasteiger charge is -2.15. The van der Waals surface area contributed by atoms with Gasteiger partial charge in [0.15, 0.2) is 0 Å². The van der Waals surface area contributed by atoms with Crippen LogP contribution in [0.4, 0.5) is 0 Å². The molecule has 19 heavy (non-hydrogen) atoms. The van der Waals surface area contributed by atoms with Crippen molar-refractivity contribution in [1.29, 1.82) is 0 Å². The molecule has 3 rings (SSSR count). The summed E-state index contributed by atoms with van der Waals surface area (Å²) in [5.74, 6) is 0. The van der Waals surface area contributed by atoms with Crippen molar-refractivity contribution in [2.75, 3.05) is 0 Å². The number of aliphatic hydroxyl groups excluding tert-OH is 1. The second-order valence-corrected chi connectivity index (χ2v) is 5.86. The third-order valence-corrected chi connectivity index (χ3v) is 4.07. The van der Waals surface area contributed by atoms with Gasteiger partial charge >= 0.3 is 0 Å². The largest absolute Gasteiger partial charge is 0.386 e. The molecule has 0 fully saturated rings. The molecule has 0 bridgehead atoms. The van der Waals surface area contributed by atoms with Crippen LogP contribution in [0, 0.1) is 0 Å². The molecule has 0 amide bonds. The Labute approximate surface area is 120 Å². The molecular formula is C14H16BrN3O. The van der Waals surface area contributed by atoms with E-state index in [9.17, 15) is 5.11 Å². The first-order valence-corrected chi connectivity index (χ1v) is 7.38. The Kier molecular flexibility index (Phi) is 3.66. The molecule has 1 aromatic heterocycles. The van der Waals surface area contributed by atoms with Crippen molar-refractivity contribution in [2.24, 2.45) is 0 Å². The maximum Gasteiger partial charge on any atom is 0.0987 e. The summed E-state index contributed by atoms with van der Waals surface area (Å²) in [6.45, 7) is 0.471. The van der Waals surface area contributed by atoms with Crippen LogP contribution in [0.15, 0.2) is 28.7 Å². The molecule has 4 nitrogen and oxygen atoms in total. The summed E-state index contributed by atoms with van der Waals surface area (Å²) in [4.78, 5) is 0. The van der Waals surface area contributed by atoms with Crippen molar-refractivity contribution in [3.05, 3.63) is 45.7 Å². The highest BCUT2D eigenvalue weighted by molar-refractivity contribution is 9.10. The number of rotatable bonds is 3. The Bertz CT molecular complexity index is 582. The molecule has 0 aliphatic heterocycles. The molecule has 5 heteroatoms. The Morgan fingerprint density at radius 1 is 1.32 bits per heavy atom. The van der Waals surface area contributed by atoms with E-state index in [2.05, 4.69) is 26.2 Å². The lowest BCUT2D eigenvalue weighted by Crippen LogP contribution is -2.14. The molecule has 1 aliphatic carbocycles. The van der Waals surface area contributed by atoms with Gasteiger partial charge in [-0.1, -0.05) is 33.3 Å². The van der Waals surface area contributed by atoms with Gasteiger partial charge in [0.05, 0.1) is 24.0 Å². The van der Waals surface area contributed by atoms with E-state index in [1.54, 1.807) is 0 Å². The van der Waals surface area contributed by atoms with Crippen LogP contribution in [0.25, 0.3) is 0 Å². The molecule has 0 spiro atoms. The number of halogens is 1. The molecule has 100 valence electrons. The first kappa shape index (κ1) is 12.8. The number of hydrogen-bond acceptors (Lipinski definition) is 3. The van der Waals surface area contributed by atoms with Crippen LogP contribution in [0.5, 0.6) is 0 Å². The summed E-state index contributed by atoms with van der Waals surface area (Å²) in [6.07, 6.45) is 3.87. The van der Waals surface area contributed by atoms with Crippen molar-refractivity contribution in [2.45, 2.75) is 38.3 Å².